The molecule has 0 heterocycles. The summed E-state index contributed by atoms with van der Waals surface area (Å²) in [6.07, 6.45) is 5.21. The van der Waals surface area contributed by atoms with Crippen molar-refractivity contribution in [3.05, 3.63) is 0 Å². The molecule has 0 aromatic carbocycles. The van der Waals surface area contributed by atoms with Crippen molar-refractivity contribution in [2.75, 3.05) is 24.6 Å². The molecule has 0 fully saturated rings. The summed E-state index contributed by atoms with van der Waals surface area (Å²) in [5.74, 6) is -0.443. The van der Waals surface area contributed by atoms with Gasteiger partial charge in [0.25, 0.3) is 0 Å². The fourth-order valence-electron chi connectivity index (χ4n) is 1.19. The molecule has 0 spiro atoms. The SMILES string of the molecule is NCCCCCCN.O=S(=O)(Cl)CCCCS(=O)(=O)Cl. The standard InChI is InChI=1S/C6H16N2.C4H8Cl2O4S2/c7-5-3-1-2-4-6-8;5-11(7,8)3-1-2-4-12(6,9)10/h1-8H2;1-4H2. The van der Waals surface area contributed by atoms with Crippen molar-refractivity contribution < 1.29 is 16.8 Å². The molecule has 10 heteroatoms. The van der Waals surface area contributed by atoms with Gasteiger partial charge in [0, 0.05) is 21.4 Å². The predicted octanol–water partition coefficient (Wildman–Crippen LogP) is 1.37. The molecule has 0 aliphatic heterocycles. The number of halogens is 2. The fraction of sp³-hybridized carbons (Fsp3) is 1.00. The second kappa shape index (κ2) is 13.1. The highest BCUT2D eigenvalue weighted by molar-refractivity contribution is 8.14. The first-order valence-electron chi connectivity index (χ1n) is 6.37. The lowest BCUT2D eigenvalue weighted by molar-refractivity contribution is 0.599. The smallest absolute Gasteiger partial charge is 0.232 e. The van der Waals surface area contributed by atoms with Gasteiger partial charge < -0.3 is 11.5 Å². The normalized spacial score (nSPS) is 11.8. The number of unbranched alkanes of at least 4 members (excludes halogenated alkanes) is 4. The molecule has 0 aliphatic carbocycles. The Balaban J connectivity index is 0. The van der Waals surface area contributed by atoms with Gasteiger partial charge in [-0.3, -0.25) is 0 Å². The summed E-state index contributed by atoms with van der Waals surface area (Å²) >= 11 is 0. The van der Waals surface area contributed by atoms with Crippen LogP contribution in [0.3, 0.4) is 0 Å². The molecule has 0 atom stereocenters. The number of hydrogen-bond acceptors (Lipinski definition) is 6. The van der Waals surface area contributed by atoms with Crippen molar-refractivity contribution in [1.29, 1.82) is 0 Å². The van der Waals surface area contributed by atoms with Crippen LogP contribution in [0.4, 0.5) is 0 Å². The molecule has 4 N–H and O–H groups in total. The molecule has 0 aromatic rings. The maximum Gasteiger partial charge on any atom is 0.232 e. The third-order valence-corrected chi connectivity index (χ3v) is 4.66. The van der Waals surface area contributed by atoms with Crippen LogP contribution >= 0.6 is 21.4 Å². The summed E-state index contributed by atoms with van der Waals surface area (Å²) in [7, 11) is 2.73. The molecule has 124 valence electrons. The quantitative estimate of drug-likeness (QED) is 0.442. The minimum atomic E-state index is -3.51. The Labute approximate surface area is 131 Å². The van der Waals surface area contributed by atoms with E-state index < -0.39 is 18.1 Å². The third kappa shape index (κ3) is 26.9. The van der Waals surface area contributed by atoms with Crippen LogP contribution in [-0.2, 0) is 18.1 Å². The molecule has 0 rings (SSSR count). The van der Waals surface area contributed by atoms with Crippen LogP contribution < -0.4 is 11.5 Å². The summed E-state index contributed by atoms with van der Waals surface area (Å²) in [4.78, 5) is 0. The van der Waals surface area contributed by atoms with E-state index in [-0.39, 0.29) is 24.3 Å². The summed E-state index contributed by atoms with van der Waals surface area (Å²) in [5.41, 5.74) is 10.6. The molecular formula is C10H24Cl2N2O4S2. The van der Waals surface area contributed by atoms with Gasteiger partial charge in [0.1, 0.15) is 0 Å². The Morgan fingerprint density at radius 3 is 1.10 bits per heavy atom. The maximum atomic E-state index is 10.3. The average molecular weight is 371 g/mol. The van der Waals surface area contributed by atoms with Gasteiger partial charge >= 0.3 is 0 Å². The molecule has 0 radical (unpaired) electrons. The van der Waals surface area contributed by atoms with Crippen LogP contribution in [0.1, 0.15) is 38.5 Å². The second-order valence-corrected chi connectivity index (χ2v) is 9.98. The highest BCUT2D eigenvalue weighted by atomic mass is 35.7. The summed E-state index contributed by atoms with van der Waals surface area (Å²) in [6.45, 7) is 1.65. The van der Waals surface area contributed by atoms with Crippen molar-refractivity contribution in [3.8, 4) is 0 Å². The first kappa shape index (κ1) is 22.7. The van der Waals surface area contributed by atoms with Crippen LogP contribution in [0, 0.1) is 0 Å². The van der Waals surface area contributed by atoms with Gasteiger partial charge in [0.15, 0.2) is 0 Å². The van der Waals surface area contributed by atoms with Crippen LogP contribution in [0.25, 0.3) is 0 Å². The Bertz CT molecular complexity index is 373. The topological polar surface area (TPSA) is 120 Å². The number of hydrogen-bond donors (Lipinski definition) is 2. The lowest BCUT2D eigenvalue weighted by Gasteiger charge is -1.95. The van der Waals surface area contributed by atoms with Crippen molar-refractivity contribution in [3.63, 3.8) is 0 Å². The molecule has 0 saturated heterocycles. The fourth-order valence-corrected chi connectivity index (χ4v) is 2.94. The highest BCUT2D eigenvalue weighted by Crippen LogP contribution is 2.05. The molecule has 0 bridgehead atoms. The van der Waals surface area contributed by atoms with Crippen molar-refractivity contribution in [2.45, 2.75) is 38.5 Å². The van der Waals surface area contributed by atoms with Crippen LogP contribution in [-0.4, -0.2) is 41.4 Å². The lowest BCUT2D eigenvalue weighted by atomic mass is 10.2. The molecule has 0 amide bonds. The van der Waals surface area contributed by atoms with E-state index in [0.717, 1.165) is 25.9 Å². The second-order valence-electron chi connectivity index (χ2n) is 4.18. The summed E-state index contributed by atoms with van der Waals surface area (Å²) < 4.78 is 41.4. The van der Waals surface area contributed by atoms with E-state index in [4.69, 9.17) is 32.8 Å². The molecule has 0 saturated carbocycles. The zero-order chi connectivity index (χ0) is 16.1. The zero-order valence-corrected chi connectivity index (χ0v) is 14.6. The summed E-state index contributed by atoms with van der Waals surface area (Å²) in [6, 6.07) is 0. The minimum absolute atomic E-state index is 0.206. The minimum Gasteiger partial charge on any atom is -0.330 e. The average Bonchev–Trinajstić information content (AvgIpc) is 2.29. The third-order valence-electron chi connectivity index (χ3n) is 2.18. The molecule has 6 nitrogen and oxygen atoms in total. The Hall–Kier alpha value is 0.400. The first-order valence-corrected chi connectivity index (χ1v) is 11.3. The molecular weight excluding hydrogens is 347 g/mol. The number of rotatable bonds is 10. The molecule has 0 aliphatic rings. The Morgan fingerprint density at radius 1 is 0.600 bits per heavy atom. The molecule has 0 unspecified atom stereocenters. The Kier molecular flexibility index (Phi) is 14.8. The van der Waals surface area contributed by atoms with E-state index in [1.54, 1.807) is 0 Å². The van der Waals surface area contributed by atoms with E-state index in [1.165, 1.54) is 12.8 Å². The maximum absolute atomic E-state index is 10.3. The van der Waals surface area contributed by atoms with Crippen LogP contribution in [0.2, 0.25) is 0 Å². The van der Waals surface area contributed by atoms with E-state index in [1.807, 2.05) is 0 Å². The zero-order valence-electron chi connectivity index (χ0n) is 11.4. The lowest BCUT2D eigenvalue weighted by Crippen LogP contribution is -2.02. The van der Waals surface area contributed by atoms with Gasteiger partial charge in [-0.2, -0.15) is 0 Å². The predicted molar refractivity (Wildman–Crippen MR) is 85.1 cm³/mol. The van der Waals surface area contributed by atoms with E-state index >= 15 is 0 Å². The number of nitrogens with two attached hydrogens (primary N) is 2. The van der Waals surface area contributed by atoms with Gasteiger partial charge in [0.05, 0.1) is 11.5 Å². The Morgan fingerprint density at radius 2 is 0.900 bits per heavy atom. The largest absolute Gasteiger partial charge is 0.330 e. The molecule has 0 aromatic heterocycles. The van der Waals surface area contributed by atoms with E-state index in [2.05, 4.69) is 0 Å². The van der Waals surface area contributed by atoms with E-state index in [0.29, 0.717) is 0 Å². The van der Waals surface area contributed by atoms with Crippen molar-refractivity contribution in [2.24, 2.45) is 11.5 Å². The van der Waals surface area contributed by atoms with Gasteiger partial charge in [-0.05, 0) is 38.8 Å². The van der Waals surface area contributed by atoms with Gasteiger partial charge in [-0.15, -0.1) is 0 Å². The first-order chi connectivity index (χ1) is 9.12. The van der Waals surface area contributed by atoms with Gasteiger partial charge in [-0.25, -0.2) is 16.8 Å². The molecule has 20 heavy (non-hydrogen) atoms. The van der Waals surface area contributed by atoms with Crippen molar-refractivity contribution in [1.82, 2.24) is 0 Å². The van der Waals surface area contributed by atoms with Crippen LogP contribution in [0.5, 0.6) is 0 Å². The van der Waals surface area contributed by atoms with Crippen LogP contribution in [0.15, 0.2) is 0 Å². The van der Waals surface area contributed by atoms with Gasteiger partial charge in [0.2, 0.25) is 18.1 Å². The van der Waals surface area contributed by atoms with Crippen molar-refractivity contribution >= 4 is 39.5 Å². The summed E-state index contributed by atoms with van der Waals surface area (Å²) in [5, 5.41) is 0. The van der Waals surface area contributed by atoms with E-state index in [9.17, 15) is 16.8 Å². The highest BCUT2D eigenvalue weighted by Gasteiger charge is 2.08. The van der Waals surface area contributed by atoms with Gasteiger partial charge in [-0.1, -0.05) is 12.8 Å². The monoisotopic (exact) mass is 370 g/mol.